The van der Waals surface area contributed by atoms with Gasteiger partial charge in [-0.1, -0.05) is 30.9 Å². The van der Waals surface area contributed by atoms with Crippen molar-refractivity contribution >= 4 is 23.6 Å². The van der Waals surface area contributed by atoms with Crippen LogP contribution in [0.25, 0.3) is 23.6 Å². The van der Waals surface area contributed by atoms with Gasteiger partial charge in [-0.05, 0) is 13.0 Å². The number of nitrogens with zero attached hydrogens (tertiary/aromatic N) is 1. The third-order valence-corrected chi connectivity index (χ3v) is 2.34. The van der Waals surface area contributed by atoms with Crippen molar-refractivity contribution in [1.82, 2.24) is 4.68 Å². The van der Waals surface area contributed by atoms with E-state index in [2.05, 4.69) is 12.6 Å². The Morgan fingerprint density at radius 3 is 2.77 bits per heavy atom. The van der Waals surface area contributed by atoms with Gasteiger partial charge in [0.25, 0.3) is 0 Å². The summed E-state index contributed by atoms with van der Waals surface area (Å²) in [4.78, 5) is 0. The minimum Gasteiger partial charge on any atom is -0.339 e. The van der Waals surface area contributed by atoms with Crippen molar-refractivity contribution in [2.24, 2.45) is 0 Å². The molecule has 0 aliphatic heterocycles. The van der Waals surface area contributed by atoms with Gasteiger partial charge in [0.15, 0.2) is 0 Å². The zero-order valence-electron chi connectivity index (χ0n) is 7.62. The van der Waals surface area contributed by atoms with Gasteiger partial charge in [0.05, 0.1) is 10.9 Å². The maximum absolute atomic E-state index is 5.85. The molecule has 0 unspecified atom stereocenters. The number of hydrogen-bond acceptors (Lipinski definition) is 1. The van der Waals surface area contributed by atoms with Gasteiger partial charge in [-0.15, -0.1) is 0 Å². The number of rotatable bonds is 0. The van der Waals surface area contributed by atoms with E-state index in [1.54, 1.807) is 4.68 Å². The number of benzene rings is 1. The Kier molecular flexibility index (Phi) is 1.62. The van der Waals surface area contributed by atoms with E-state index in [1.165, 1.54) is 0 Å². The number of aromatic nitrogens is 1. The van der Waals surface area contributed by atoms with Crippen molar-refractivity contribution in [3.63, 3.8) is 0 Å². The van der Waals surface area contributed by atoms with Crippen LogP contribution in [0, 0.1) is 0 Å². The second-order valence-electron chi connectivity index (χ2n) is 3.04. The summed E-state index contributed by atoms with van der Waals surface area (Å²) in [5.74, 6) is 5.85. The first kappa shape index (κ1) is 7.92. The quantitative estimate of drug-likeness (QED) is 0.578. The van der Waals surface area contributed by atoms with Gasteiger partial charge >= 0.3 is 0 Å². The number of fused-ring (bicyclic) bond motifs is 1. The zero-order valence-corrected chi connectivity index (χ0v) is 7.62. The monoisotopic (exact) mass is 172 g/mol. The van der Waals surface area contributed by atoms with E-state index in [9.17, 15) is 0 Å². The molecule has 0 fully saturated rings. The molecule has 1 heterocycles. The Hall–Kier alpha value is -1.70. The highest BCUT2D eigenvalue weighted by Gasteiger charge is 2.00. The topological polar surface area (TPSA) is 30.9 Å². The van der Waals surface area contributed by atoms with Gasteiger partial charge in [0.2, 0.25) is 0 Å². The minimum atomic E-state index is 0.865. The first-order chi connectivity index (χ1) is 6.25. The van der Waals surface area contributed by atoms with Gasteiger partial charge in [-0.25, -0.2) is 0 Å². The van der Waals surface area contributed by atoms with Crippen LogP contribution in [0.3, 0.4) is 0 Å². The van der Waals surface area contributed by atoms with E-state index >= 15 is 0 Å². The molecular formula is C11H12N2. The summed E-state index contributed by atoms with van der Waals surface area (Å²) in [5.41, 5.74) is 1.03. The summed E-state index contributed by atoms with van der Waals surface area (Å²) in [6.45, 7) is 5.93. The van der Waals surface area contributed by atoms with Crippen molar-refractivity contribution in [2.45, 2.75) is 6.92 Å². The molecule has 2 rings (SSSR count). The summed E-state index contributed by atoms with van der Waals surface area (Å²) in [7, 11) is 0. The third kappa shape index (κ3) is 0.952. The zero-order chi connectivity index (χ0) is 9.42. The molecule has 0 aliphatic carbocycles. The second-order valence-corrected chi connectivity index (χ2v) is 3.04. The fourth-order valence-electron chi connectivity index (χ4n) is 1.66. The van der Waals surface area contributed by atoms with Gasteiger partial charge < -0.3 is 5.84 Å². The van der Waals surface area contributed by atoms with E-state index in [-0.39, 0.29) is 0 Å². The van der Waals surface area contributed by atoms with Crippen LogP contribution in [0.2, 0.25) is 0 Å². The minimum absolute atomic E-state index is 0.865. The molecule has 66 valence electrons. The summed E-state index contributed by atoms with van der Waals surface area (Å²) in [5, 5.41) is 3.15. The molecule has 0 amide bonds. The van der Waals surface area contributed by atoms with E-state index < -0.39 is 0 Å². The van der Waals surface area contributed by atoms with Crippen molar-refractivity contribution in [1.29, 1.82) is 0 Å². The first-order valence-corrected chi connectivity index (χ1v) is 4.25. The van der Waals surface area contributed by atoms with E-state index in [4.69, 9.17) is 5.84 Å². The standard InChI is InChI=1S/C11H12N2/c1-3-9-8(2)13(12)11-7-5-4-6-10(9)11/h3-7H,2,12H2,1H3/b9-3+. The molecule has 0 radical (unpaired) electrons. The molecule has 2 heteroatoms. The van der Waals surface area contributed by atoms with Crippen molar-refractivity contribution in [3.05, 3.63) is 34.8 Å². The van der Waals surface area contributed by atoms with Crippen LogP contribution in [0.5, 0.6) is 0 Å². The number of nitrogens with two attached hydrogens (primary N) is 1. The van der Waals surface area contributed by atoms with Crippen molar-refractivity contribution < 1.29 is 0 Å². The number of hydrogen-bond donors (Lipinski definition) is 1. The molecule has 0 saturated heterocycles. The largest absolute Gasteiger partial charge is 0.339 e. The first-order valence-electron chi connectivity index (χ1n) is 4.25. The van der Waals surface area contributed by atoms with Gasteiger partial charge in [0, 0.05) is 10.6 Å². The Bertz CT molecular complexity index is 549. The Morgan fingerprint density at radius 2 is 2.08 bits per heavy atom. The molecule has 2 N–H and O–H groups in total. The highest BCUT2D eigenvalue weighted by Crippen LogP contribution is 2.04. The lowest BCUT2D eigenvalue weighted by Gasteiger charge is -1.93. The lowest BCUT2D eigenvalue weighted by atomic mass is 10.2. The highest BCUT2D eigenvalue weighted by molar-refractivity contribution is 5.81. The molecule has 0 aliphatic rings. The average molecular weight is 172 g/mol. The third-order valence-electron chi connectivity index (χ3n) is 2.34. The van der Waals surface area contributed by atoms with Crippen LogP contribution in [-0.2, 0) is 0 Å². The van der Waals surface area contributed by atoms with Crippen molar-refractivity contribution in [2.75, 3.05) is 5.84 Å². The summed E-state index contributed by atoms with van der Waals surface area (Å²) >= 11 is 0. The van der Waals surface area contributed by atoms with Crippen LogP contribution >= 0.6 is 0 Å². The second kappa shape index (κ2) is 2.66. The van der Waals surface area contributed by atoms with Crippen LogP contribution < -0.4 is 16.4 Å². The molecule has 0 atom stereocenters. The lowest BCUT2D eigenvalue weighted by Crippen LogP contribution is -2.31. The number of para-hydroxylation sites is 1. The molecular weight excluding hydrogens is 160 g/mol. The summed E-state index contributed by atoms with van der Waals surface area (Å²) in [6.07, 6.45) is 2.04. The predicted molar refractivity (Wildman–Crippen MR) is 57.0 cm³/mol. The molecule has 2 aromatic rings. The lowest BCUT2D eigenvalue weighted by molar-refractivity contribution is 1.02. The fraction of sp³-hybridized carbons (Fsp3) is 0.0909. The van der Waals surface area contributed by atoms with Crippen LogP contribution in [0.4, 0.5) is 0 Å². The van der Waals surface area contributed by atoms with Crippen molar-refractivity contribution in [3.8, 4) is 0 Å². The Balaban J connectivity index is 3.18. The summed E-state index contributed by atoms with van der Waals surface area (Å²) in [6, 6.07) is 8.04. The molecule has 1 aromatic heterocycles. The molecule has 0 spiro atoms. The van der Waals surface area contributed by atoms with E-state index in [0.29, 0.717) is 0 Å². The molecule has 0 bridgehead atoms. The van der Waals surface area contributed by atoms with Gasteiger partial charge in [0.1, 0.15) is 0 Å². The Morgan fingerprint density at radius 1 is 1.38 bits per heavy atom. The SMILES string of the molecule is C=c1/c(=C\C)c2ccccc2n1N. The van der Waals surface area contributed by atoms with Gasteiger partial charge in [-0.3, -0.25) is 4.68 Å². The molecule has 13 heavy (non-hydrogen) atoms. The van der Waals surface area contributed by atoms with Crippen LogP contribution in [0.1, 0.15) is 6.92 Å². The Labute approximate surface area is 76.6 Å². The number of nitrogen functional groups attached to an aromatic ring is 1. The van der Waals surface area contributed by atoms with Crippen LogP contribution in [0.15, 0.2) is 24.3 Å². The van der Waals surface area contributed by atoms with Gasteiger partial charge in [-0.2, -0.15) is 0 Å². The predicted octanol–water partition coefficient (Wildman–Crippen LogP) is 0.566. The molecule has 2 nitrogen and oxygen atoms in total. The van der Waals surface area contributed by atoms with E-state index in [0.717, 1.165) is 21.5 Å². The maximum atomic E-state index is 5.85. The highest BCUT2D eigenvalue weighted by atomic mass is 15.3. The summed E-state index contributed by atoms with van der Waals surface area (Å²) < 4.78 is 1.63. The van der Waals surface area contributed by atoms with E-state index in [1.807, 2.05) is 31.2 Å². The smallest absolute Gasteiger partial charge is 0.0703 e. The average Bonchev–Trinajstić information content (AvgIpc) is 2.41. The molecule has 0 saturated carbocycles. The fourth-order valence-corrected chi connectivity index (χ4v) is 1.66. The molecule has 1 aromatic carbocycles. The van der Waals surface area contributed by atoms with Crippen LogP contribution in [-0.4, -0.2) is 4.68 Å². The normalized spacial score (nSPS) is 12.5. The maximum Gasteiger partial charge on any atom is 0.0703 e.